The first-order valence-corrected chi connectivity index (χ1v) is 12.7. The zero-order chi connectivity index (χ0) is 27.8. The third kappa shape index (κ3) is 6.88. The van der Waals surface area contributed by atoms with Crippen LogP contribution in [0.1, 0.15) is 51.7 Å². The zero-order valence-corrected chi connectivity index (χ0v) is 22.3. The van der Waals surface area contributed by atoms with Gasteiger partial charge in [-0.3, -0.25) is 9.59 Å². The molecular formula is C28H34N6O5. The second-order valence-electron chi connectivity index (χ2n) is 9.57. The minimum Gasteiger partial charge on any atom is -0.394 e. The van der Waals surface area contributed by atoms with Gasteiger partial charge in [0.1, 0.15) is 11.4 Å². The van der Waals surface area contributed by atoms with E-state index < -0.39 is 11.6 Å². The smallest absolute Gasteiger partial charge is 0.256 e. The lowest BCUT2D eigenvalue weighted by atomic mass is 9.94. The summed E-state index contributed by atoms with van der Waals surface area (Å²) >= 11 is 0. The van der Waals surface area contributed by atoms with E-state index in [1.165, 1.54) is 6.20 Å². The van der Waals surface area contributed by atoms with Gasteiger partial charge in [0, 0.05) is 31.1 Å². The van der Waals surface area contributed by atoms with Crippen molar-refractivity contribution in [3.05, 3.63) is 77.0 Å². The van der Waals surface area contributed by atoms with Gasteiger partial charge in [-0.2, -0.15) is 4.98 Å². The molecule has 0 saturated carbocycles. The van der Waals surface area contributed by atoms with Crippen molar-refractivity contribution in [2.45, 2.75) is 25.4 Å². The summed E-state index contributed by atoms with van der Waals surface area (Å²) in [4.78, 5) is 34.2. The zero-order valence-electron chi connectivity index (χ0n) is 22.3. The standard InChI is InChI=1S/C28H34N6O5/c1-28(2)22-15-19(9-10-20(22)26(37)34-28)31-27-30-16-21(25(36)29-11-12-39-14-13-38-3)24(33-27)32-23(17-35)18-7-5-4-6-8-18/h4-10,15-16,23,35H,11-14,17H2,1-3H3,(H,29,36)(H,34,37)(H2,30,31,32,33)/t23-/m1/s1. The van der Waals surface area contributed by atoms with E-state index in [1.54, 1.807) is 19.2 Å². The van der Waals surface area contributed by atoms with Crippen LogP contribution in [0.25, 0.3) is 0 Å². The lowest BCUT2D eigenvalue weighted by molar-refractivity contribution is 0.0692. The van der Waals surface area contributed by atoms with E-state index in [9.17, 15) is 14.7 Å². The molecule has 1 atom stereocenters. The fraction of sp³-hybridized carbons (Fsp3) is 0.357. The Labute approximate surface area is 227 Å². The average Bonchev–Trinajstić information content (AvgIpc) is 3.16. The van der Waals surface area contributed by atoms with Crippen molar-refractivity contribution in [3.8, 4) is 0 Å². The molecule has 2 aromatic carbocycles. The summed E-state index contributed by atoms with van der Waals surface area (Å²) in [7, 11) is 1.59. The van der Waals surface area contributed by atoms with Gasteiger partial charge in [0.25, 0.3) is 11.8 Å². The van der Waals surface area contributed by atoms with Gasteiger partial charge < -0.3 is 35.8 Å². The molecule has 0 aliphatic carbocycles. The monoisotopic (exact) mass is 534 g/mol. The van der Waals surface area contributed by atoms with Crippen LogP contribution in [0, 0.1) is 0 Å². The molecule has 0 saturated heterocycles. The van der Waals surface area contributed by atoms with E-state index >= 15 is 0 Å². The number of benzene rings is 2. The molecule has 39 heavy (non-hydrogen) atoms. The number of aliphatic hydroxyl groups is 1. The highest BCUT2D eigenvalue weighted by molar-refractivity contribution is 6.00. The molecule has 0 bridgehead atoms. The molecule has 3 aromatic rings. The number of hydrogen-bond acceptors (Lipinski definition) is 9. The van der Waals surface area contributed by atoms with Crippen molar-refractivity contribution < 1.29 is 24.2 Å². The van der Waals surface area contributed by atoms with Crippen LogP contribution < -0.4 is 21.3 Å². The Hall–Kier alpha value is -4.06. The highest BCUT2D eigenvalue weighted by Gasteiger charge is 2.35. The van der Waals surface area contributed by atoms with Gasteiger partial charge in [-0.1, -0.05) is 30.3 Å². The number of anilines is 3. The van der Waals surface area contributed by atoms with Crippen LogP contribution in [0.15, 0.2) is 54.7 Å². The number of nitrogens with one attached hydrogen (secondary N) is 4. The molecule has 0 unspecified atom stereocenters. The molecule has 1 aromatic heterocycles. The predicted octanol–water partition coefficient (Wildman–Crippen LogP) is 2.74. The fourth-order valence-electron chi connectivity index (χ4n) is 4.26. The first kappa shape index (κ1) is 28.0. The maximum absolute atomic E-state index is 13.0. The van der Waals surface area contributed by atoms with Gasteiger partial charge in [-0.15, -0.1) is 0 Å². The summed E-state index contributed by atoms with van der Waals surface area (Å²) in [5.74, 6) is 0.0102. The van der Waals surface area contributed by atoms with Gasteiger partial charge in [0.15, 0.2) is 0 Å². The van der Waals surface area contributed by atoms with E-state index in [-0.39, 0.29) is 35.8 Å². The second kappa shape index (κ2) is 12.7. The minimum absolute atomic E-state index is 0.111. The van der Waals surface area contributed by atoms with E-state index in [2.05, 4.69) is 31.2 Å². The largest absolute Gasteiger partial charge is 0.394 e. The van der Waals surface area contributed by atoms with Crippen molar-refractivity contribution in [2.24, 2.45) is 0 Å². The maximum Gasteiger partial charge on any atom is 0.256 e. The molecule has 1 aliphatic heterocycles. The quantitative estimate of drug-likeness (QED) is 0.209. The summed E-state index contributed by atoms with van der Waals surface area (Å²) < 4.78 is 10.4. The average molecular weight is 535 g/mol. The Balaban J connectivity index is 1.57. The van der Waals surface area contributed by atoms with Gasteiger partial charge in [-0.05, 0) is 43.2 Å². The molecule has 206 valence electrons. The van der Waals surface area contributed by atoms with E-state index in [0.717, 1.165) is 11.1 Å². The summed E-state index contributed by atoms with van der Waals surface area (Å²) in [6, 6.07) is 14.3. The molecule has 2 heterocycles. The lowest BCUT2D eigenvalue weighted by Crippen LogP contribution is -2.32. The number of nitrogens with zero attached hydrogens (tertiary/aromatic N) is 2. The Bertz CT molecular complexity index is 1300. The van der Waals surface area contributed by atoms with Gasteiger partial charge in [0.05, 0.1) is 38.0 Å². The number of fused-ring (bicyclic) bond motifs is 1. The SMILES string of the molecule is COCCOCCNC(=O)c1cnc(Nc2ccc3c(c2)C(C)(C)NC3=O)nc1N[C@H](CO)c1ccccc1. The molecule has 11 heteroatoms. The van der Waals surface area contributed by atoms with Crippen LogP contribution in [0.2, 0.25) is 0 Å². The van der Waals surface area contributed by atoms with Crippen LogP contribution in [0.5, 0.6) is 0 Å². The van der Waals surface area contributed by atoms with E-state index in [1.807, 2.05) is 50.2 Å². The van der Waals surface area contributed by atoms with Crippen LogP contribution in [0.3, 0.4) is 0 Å². The number of amides is 2. The number of methoxy groups -OCH3 is 1. The molecule has 0 spiro atoms. The van der Waals surface area contributed by atoms with Crippen molar-refractivity contribution in [2.75, 3.05) is 50.7 Å². The summed E-state index contributed by atoms with van der Waals surface area (Å²) in [6.07, 6.45) is 1.43. The van der Waals surface area contributed by atoms with Crippen LogP contribution in [-0.2, 0) is 15.0 Å². The molecule has 0 radical (unpaired) electrons. The third-order valence-electron chi connectivity index (χ3n) is 6.31. The molecule has 4 rings (SSSR count). The molecule has 0 fully saturated rings. The Morgan fingerprint density at radius 3 is 2.67 bits per heavy atom. The molecule has 11 nitrogen and oxygen atoms in total. The van der Waals surface area contributed by atoms with E-state index in [4.69, 9.17) is 9.47 Å². The van der Waals surface area contributed by atoms with Crippen molar-refractivity contribution in [1.82, 2.24) is 20.6 Å². The molecule has 5 N–H and O–H groups in total. The lowest BCUT2D eigenvalue weighted by Gasteiger charge is -2.21. The number of aliphatic hydroxyl groups excluding tert-OH is 1. The number of carbonyl (C=O) groups is 2. The van der Waals surface area contributed by atoms with Gasteiger partial charge in [-0.25, -0.2) is 4.98 Å². The summed E-state index contributed by atoms with van der Waals surface area (Å²) in [5, 5.41) is 22.2. The van der Waals surface area contributed by atoms with Crippen molar-refractivity contribution in [3.63, 3.8) is 0 Å². The number of carbonyl (C=O) groups excluding carboxylic acids is 2. The van der Waals surface area contributed by atoms with E-state index in [0.29, 0.717) is 37.6 Å². The minimum atomic E-state index is -0.504. The number of aromatic nitrogens is 2. The molecule has 2 amide bonds. The topological polar surface area (TPSA) is 147 Å². The molecule has 1 aliphatic rings. The third-order valence-corrected chi connectivity index (χ3v) is 6.31. The Morgan fingerprint density at radius 2 is 1.92 bits per heavy atom. The Kier molecular flexibility index (Phi) is 9.07. The van der Waals surface area contributed by atoms with Gasteiger partial charge >= 0.3 is 0 Å². The van der Waals surface area contributed by atoms with Crippen LogP contribution >= 0.6 is 0 Å². The second-order valence-corrected chi connectivity index (χ2v) is 9.57. The fourth-order valence-corrected chi connectivity index (χ4v) is 4.26. The molecular weight excluding hydrogens is 500 g/mol. The predicted molar refractivity (Wildman–Crippen MR) is 147 cm³/mol. The number of rotatable bonds is 13. The van der Waals surface area contributed by atoms with Crippen molar-refractivity contribution >= 4 is 29.3 Å². The van der Waals surface area contributed by atoms with Crippen LogP contribution in [0.4, 0.5) is 17.5 Å². The van der Waals surface area contributed by atoms with Crippen molar-refractivity contribution in [1.29, 1.82) is 0 Å². The maximum atomic E-state index is 13.0. The highest BCUT2D eigenvalue weighted by Crippen LogP contribution is 2.33. The number of ether oxygens (including phenoxy) is 2. The highest BCUT2D eigenvalue weighted by atomic mass is 16.5. The van der Waals surface area contributed by atoms with Crippen LogP contribution in [-0.4, -0.2) is 67.0 Å². The number of hydrogen-bond donors (Lipinski definition) is 5. The first-order chi connectivity index (χ1) is 18.8. The Morgan fingerprint density at radius 1 is 1.13 bits per heavy atom. The first-order valence-electron chi connectivity index (χ1n) is 12.7. The van der Waals surface area contributed by atoms with Gasteiger partial charge in [0.2, 0.25) is 5.95 Å². The summed E-state index contributed by atoms with van der Waals surface area (Å²) in [6.45, 7) is 5.19. The summed E-state index contributed by atoms with van der Waals surface area (Å²) in [5.41, 5.74) is 2.73. The normalized spacial score (nSPS) is 14.3.